The molecule has 4 rings (SSSR count). The van der Waals surface area contributed by atoms with Gasteiger partial charge in [0.05, 0.1) is 11.8 Å². The highest BCUT2D eigenvalue weighted by atomic mass is 19.1. The Morgan fingerprint density at radius 2 is 1.81 bits per heavy atom. The first-order chi connectivity index (χ1) is 15.6. The molecule has 1 aliphatic carbocycles. The molecule has 0 bridgehead atoms. The minimum absolute atomic E-state index is 0.0191. The van der Waals surface area contributed by atoms with Gasteiger partial charge in [0.15, 0.2) is 0 Å². The number of benzene rings is 1. The Hall–Kier alpha value is -2.21. The Morgan fingerprint density at radius 3 is 2.53 bits per heavy atom. The number of piperidine rings is 1. The molecule has 0 radical (unpaired) electrons. The van der Waals surface area contributed by atoms with Gasteiger partial charge < -0.3 is 14.8 Å². The minimum atomic E-state index is -1.30. The number of nitrogens with one attached hydrogen (secondary N) is 1. The van der Waals surface area contributed by atoms with E-state index in [0.717, 1.165) is 54.7 Å². The van der Waals surface area contributed by atoms with Crippen molar-refractivity contribution in [2.24, 2.45) is 0 Å². The third-order valence-corrected chi connectivity index (χ3v) is 6.61. The van der Waals surface area contributed by atoms with E-state index >= 15 is 0 Å². The van der Waals surface area contributed by atoms with Crippen molar-refractivity contribution >= 4 is 0 Å². The number of aryl methyl sites for hydroxylation is 1. The minimum Gasteiger partial charge on any atom is -0.490 e. The van der Waals surface area contributed by atoms with Gasteiger partial charge in [0.25, 0.3) is 0 Å². The zero-order chi connectivity index (χ0) is 22.2. The molecule has 1 saturated carbocycles. The van der Waals surface area contributed by atoms with Crippen molar-refractivity contribution in [3.05, 3.63) is 36.0 Å². The highest BCUT2D eigenvalue weighted by Gasteiger charge is 2.32. The number of ether oxygens (including phenoxy) is 2. The molecule has 2 fully saturated rings. The molecule has 5 nitrogen and oxygen atoms in total. The summed E-state index contributed by atoms with van der Waals surface area (Å²) in [6, 6.07) is 10.2. The van der Waals surface area contributed by atoms with E-state index in [2.05, 4.69) is 34.6 Å². The summed E-state index contributed by atoms with van der Waals surface area (Å²) in [6.07, 6.45) is 10.4. The van der Waals surface area contributed by atoms with E-state index in [0.29, 0.717) is 37.9 Å². The predicted octanol–water partition coefficient (Wildman–Crippen LogP) is 5.67. The monoisotopic (exact) mass is 441 g/mol. The van der Waals surface area contributed by atoms with E-state index in [1.54, 1.807) is 0 Å². The lowest BCUT2D eigenvalue weighted by Crippen LogP contribution is -2.42. The van der Waals surface area contributed by atoms with Crippen molar-refractivity contribution in [2.75, 3.05) is 19.7 Å². The van der Waals surface area contributed by atoms with Crippen LogP contribution in [-0.4, -0.2) is 41.7 Å². The standard InChI is InChI=1S/C26H36FN3O2/c1-2-3-9-24-23(18-25(30-29-24)31-19-26(27)14-16-28-17-15-26)20-10-12-22(13-11-20)32-21-7-5-4-6-8-21/h10-13,18,21,28H,2-9,14-17,19H2,1H3. The summed E-state index contributed by atoms with van der Waals surface area (Å²) in [5.74, 6) is 1.30. The summed E-state index contributed by atoms with van der Waals surface area (Å²) in [5, 5.41) is 11.9. The van der Waals surface area contributed by atoms with Crippen LogP contribution in [0, 0.1) is 0 Å². The molecule has 1 aromatic carbocycles. The zero-order valence-corrected chi connectivity index (χ0v) is 19.2. The first-order valence-electron chi connectivity index (χ1n) is 12.3. The SMILES string of the molecule is CCCCc1nnc(OCC2(F)CCNCC2)cc1-c1ccc(OC2CCCCC2)cc1. The number of hydrogen-bond acceptors (Lipinski definition) is 5. The Balaban J connectivity index is 1.48. The fraction of sp³-hybridized carbons (Fsp3) is 0.615. The van der Waals surface area contributed by atoms with Crippen molar-refractivity contribution in [1.82, 2.24) is 15.5 Å². The Bertz CT molecular complexity index is 847. The number of rotatable bonds is 9. The summed E-state index contributed by atoms with van der Waals surface area (Å²) < 4.78 is 26.9. The van der Waals surface area contributed by atoms with Gasteiger partial charge in [-0.15, -0.1) is 5.10 Å². The van der Waals surface area contributed by atoms with Crippen LogP contribution in [0.2, 0.25) is 0 Å². The molecule has 2 aliphatic rings. The van der Waals surface area contributed by atoms with Gasteiger partial charge in [-0.1, -0.05) is 31.9 Å². The number of alkyl halides is 1. The third-order valence-electron chi connectivity index (χ3n) is 6.61. The number of aromatic nitrogens is 2. The van der Waals surface area contributed by atoms with E-state index in [1.165, 1.54) is 19.3 Å². The fourth-order valence-electron chi connectivity index (χ4n) is 4.56. The fourth-order valence-corrected chi connectivity index (χ4v) is 4.56. The molecule has 1 aromatic heterocycles. The van der Waals surface area contributed by atoms with Crippen LogP contribution in [-0.2, 0) is 6.42 Å². The Morgan fingerprint density at radius 1 is 1.06 bits per heavy atom. The lowest BCUT2D eigenvalue weighted by Gasteiger charge is -2.29. The molecule has 32 heavy (non-hydrogen) atoms. The molecular weight excluding hydrogens is 405 g/mol. The van der Waals surface area contributed by atoms with Crippen molar-refractivity contribution in [2.45, 2.75) is 82.9 Å². The summed E-state index contributed by atoms with van der Waals surface area (Å²) in [5.41, 5.74) is 1.72. The topological polar surface area (TPSA) is 56.3 Å². The van der Waals surface area contributed by atoms with Gasteiger partial charge in [-0.05, 0) is 82.2 Å². The largest absolute Gasteiger partial charge is 0.490 e. The van der Waals surface area contributed by atoms with Crippen LogP contribution in [0.15, 0.2) is 30.3 Å². The molecule has 1 N–H and O–H groups in total. The second-order valence-electron chi connectivity index (χ2n) is 9.24. The van der Waals surface area contributed by atoms with Gasteiger partial charge in [-0.2, -0.15) is 5.10 Å². The molecule has 174 valence electrons. The Kier molecular flexibility index (Phi) is 7.95. The zero-order valence-electron chi connectivity index (χ0n) is 19.2. The molecule has 0 spiro atoms. The highest BCUT2D eigenvalue weighted by molar-refractivity contribution is 5.67. The molecule has 2 aromatic rings. The molecule has 0 unspecified atom stereocenters. The van der Waals surface area contributed by atoms with Crippen LogP contribution >= 0.6 is 0 Å². The molecule has 1 aliphatic heterocycles. The van der Waals surface area contributed by atoms with Crippen LogP contribution in [0.1, 0.15) is 70.4 Å². The second-order valence-corrected chi connectivity index (χ2v) is 9.24. The quantitative estimate of drug-likeness (QED) is 0.543. The van der Waals surface area contributed by atoms with Gasteiger partial charge in [0.2, 0.25) is 5.88 Å². The first-order valence-corrected chi connectivity index (χ1v) is 12.3. The molecule has 2 heterocycles. The van der Waals surface area contributed by atoms with Crippen LogP contribution in [0.3, 0.4) is 0 Å². The Labute approximate surface area is 191 Å². The summed E-state index contributed by atoms with van der Waals surface area (Å²) in [6.45, 7) is 3.55. The summed E-state index contributed by atoms with van der Waals surface area (Å²) in [7, 11) is 0. The lowest BCUT2D eigenvalue weighted by atomic mass is 9.95. The summed E-state index contributed by atoms with van der Waals surface area (Å²) >= 11 is 0. The first kappa shape index (κ1) is 23.0. The van der Waals surface area contributed by atoms with Gasteiger partial charge in [-0.25, -0.2) is 4.39 Å². The van der Waals surface area contributed by atoms with E-state index in [9.17, 15) is 4.39 Å². The van der Waals surface area contributed by atoms with E-state index < -0.39 is 5.67 Å². The maximum atomic E-state index is 14.9. The summed E-state index contributed by atoms with van der Waals surface area (Å²) in [4.78, 5) is 0. The van der Waals surface area contributed by atoms with Crippen LogP contribution in [0.5, 0.6) is 11.6 Å². The average Bonchev–Trinajstić information content (AvgIpc) is 2.83. The third kappa shape index (κ3) is 6.18. The van der Waals surface area contributed by atoms with Crippen molar-refractivity contribution in [3.63, 3.8) is 0 Å². The number of nitrogens with zero attached hydrogens (tertiary/aromatic N) is 2. The maximum absolute atomic E-state index is 14.9. The van der Waals surface area contributed by atoms with Crippen LogP contribution in [0.4, 0.5) is 4.39 Å². The number of halogens is 1. The van der Waals surface area contributed by atoms with Gasteiger partial charge in [0.1, 0.15) is 18.0 Å². The molecule has 1 saturated heterocycles. The smallest absolute Gasteiger partial charge is 0.234 e. The van der Waals surface area contributed by atoms with Crippen LogP contribution in [0.25, 0.3) is 11.1 Å². The van der Waals surface area contributed by atoms with Gasteiger partial charge in [0, 0.05) is 11.6 Å². The normalized spacial score (nSPS) is 18.9. The highest BCUT2D eigenvalue weighted by Crippen LogP contribution is 2.31. The number of unbranched alkanes of at least 4 members (excludes halogenated alkanes) is 1. The van der Waals surface area contributed by atoms with E-state index in [-0.39, 0.29) is 6.61 Å². The predicted molar refractivity (Wildman–Crippen MR) is 125 cm³/mol. The second kappa shape index (κ2) is 11.1. The number of hydrogen-bond donors (Lipinski definition) is 1. The molecule has 0 atom stereocenters. The van der Waals surface area contributed by atoms with Crippen molar-refractivity contribution in [3.8, 4) is 22.8 Å². The average molecular weight is 442 g/mol. The van der Waals surface area contributed by atoms with E-state index in [4.69, 9.17) is 9.47 Å². The van der Waals surface area contributed by atoms with Gasteiger partial charge >= 0.3 is 0 Å². The molecule has 6 heteroatoms. The molecule has 0 amide bonds. The van der Waals surface area contributed by atoms with Gasteiger partial charge in [-0.3, -0.25) is 0 Å². The van der Waals surface area contributed by atoms with E-state index in [1.807, 2.05) is 18.2 Å². The lowest BCUT2D eigenvalue weighted by molar-refractivity contribution is 0.0515. The maximum Gasteiger partial charge on any atom is 0.234 e. The van der Waals surface area contributed by atoms with Crippen molar-refractivity contribution in [1.29, 1.82) is 0 Å². The molecular formula is C26H36FN3O2. The van der Waals surface area contributed by atoms with Crippen LogP contribution < -0.4 is 14.8 Å². The van der Waals surface area contributed by atoms with Crippen molar-refractivity contribution < 1.29 is 13.9 Å².